The van der Waals surface area contributed by atoms with E-state index in [1.54, 1.807) is 18.4 Å². The highest BCUT2D eigenvalue weighted by Crippen LogP contribution is 2.25. The van der Waals surface area contributed by atoms with Crippen LogP contribution in [-0.4, -0.2) is 27.3 Å². The highest BCUT2D eigenvalue weighted by molar-refractivity contribution is 7.07. The quantitative estimate of drug-likeness (QED) is 0.748. The summed E-state index contributed by atoms with van der Waals surface area (Å²) in [6.07, 6.45) is 0. The Morgan fingerprint density at radius 3 is 2.90 bits per heavy atom. The van der Waals surface area contributed by atoms with Crippen molar-refractivity contribution in [2.24, 2.45) is 0 Å². The zero-order valence-electron chi connectivity index (χ0n) is 12.4. The van der Waals surface area contributed by atoms with Gasteiger partial charge in [0.15, 0.2) is 0 Å². The third kappa shape index (κ3) is 5.00. The van der Waals surface area contributed by atoms with Gasteiger partial charge in [0, 0.05) is 44.5 Å². The predicted molar refractivity (Wildman–Crippen MR) is 91.5 cm³/mol. The molecule has 1 heterocycles. The lowest BCUT2D eigenvalue weighted by Crippen LogP contribution is -2.22. The Hall–Kier alpha value is -1.07. The van der Waals surface area contributed by atoms with Gasteiger partial charge in [-0.25, -0.2) is 0 Å². The summed E-state index contributed by atoms with van der Waals surface area (Å²) in [4.78, 5) is 2.24. The molecule has 0 atom stereocenters. The van der Waals surface area contributed by atoms with Crippen molar-refractivity contribution in [2.45, 2.75) is 13.1 Å². The first-order valence-electron chi connectivity index (χ1n) is 6.91. The molecule has 114 valence electrons. The van der Waals surface area contributed by atoms with Crippen molar-refractivity contribution in [2.75, 3.05) is 32.2 Å². The zero-order valence-corrected chi connectivity index (χ0v) is 14.0. The van der Waals surface area contributed by atoms with E-state index in [0.717, 1.165) is 24.7 Å². The van der Waals surface area contributed by atoms with Crippen LogP contribution < -0.4 is 10.2 Å². The van der Waals surface area contributed by atoms with E-state index in [1.165, 1.54) is 16.8 Å². The van der Waals surface area contributed by atoms with Gasteiger partial charge in [0.2, 0.25) is 0 Å². The molecular formula is C16H21ClN2OS. The number of halogens is 1. The van der Waals surface area contributed by atoms with Crippen molar-refractivity contribution in [1.82, 2.24) is 5.32 Å². The molecule has 0 saturated heterocycles. The maximum absolute atomic E-state index is 6.16. The first-order valence-corrected chi connectivity index (χ1v) is 8.23. The third-order valence-corrected chi connectivity index (χ3v) is 4.22. The molecule has 0 fully saturated rings. The summed E-state index contributed by atoms with van der Waals surface area (Å²) in [7, 11) is 3.81. The molecule has 3 nitrogen and oxygen atoms in total. The summed E-state index contributed by atoms with van der Waals surface area (Å²) in [6.45, 7) is 3.25. The molecule has 0 unspecified atom stereocenters. The van der Waals surface area contributed by atoms with Crippen molar-refractivity contribution in [3.8, 4) is 0 Å². The van der Waals surface area contributed by atoms with Crippen molar-refractivity contribution in [3.05, 3.63) is 51.2 Å². The van der Waals surface area contributed by atoms with Gasteiger partial charge in [-0.1, -0.05) is 17.7 Å². The monoisotopic (exact) mass is 324 g/mol. The average Bonchev–Trinajstić information content (AvgIpc) is 2.97. The molecular weight excluding hydrogens is 304 g/mol. The Morgan fingerprint density at radius 2 is 2.19 bits per heavy atom. The van der Waals surface area contributed by atoms with E-state index in [2.05, 4.69) is 40.2 Å². The van der Waals surface area contributed by atoms with Crippen LogP contribution in [0.3, 0.4) is 0 Å². The van der Waals surface area contributed by atoms with E-state index < -0.39 is 0 Å². The lowest BCUT2D eigenvalue weighted by molar-refractivity contribution is 0.199. The minimum absolute atomic E-state index is 0.716. The molecule has 0 saturated carbocycles. The molecule has 21 heavy (non-hydrogen) atoms. The smallest absolute Gasteiger partial charge is 0.0587 e. The maximum Gasteiger partial charge on any atom is 0.0587 e. The van der Waals surface area contributed by atoms with Crippen molar-refractivity contribution >= 4 is 28.6 Å². The van der Waals surface area contributed by atoms with E-state index in [-0.39, 0.29) is 0 Å². The average molecular weight is 325 g/mol. The van der Waals surface area contributed by atoms with Crippen LogP contribution in [0.25, 0.3) is 0 Å². The fraction of sp³-hybridized carbons (Fsp3) is 0.375. The standard InChI is InChI=1S/C16H21ClN2OS/c1-19(11-13-5-8-21-12-13)16-9-15(17)4-3-14(16)10-18-6-7-20-2/h3-5,8-9,12,18H,6-7,10-11H2,1-2H3. The molecule has 1 N–H and O–H groups in total. The van der Waals surface area contributed by atoms with E-state index in [9.17, 15) is 0 Å². The number of anilines is 1. The Kier molecular flexibility index (Phi) is 6.51. The van der Waals surface area contributed by atoms with E-state index >= 15 is 0 Å². The van der Waals surface area contributed by atoms with Gasteiger partial charge in [-0.2, -0.15) is 11.3 Å². The van der Waals surface area contributed by atoms with Gasteiger partial charge < -0.3 is 15.0 Å². The Morgan fingerprint density at radius 1 is 1.33 bits per heavy atom. The summed E-state index contributed by atoms with van der Waals surface area (Å²) >= 11 is 7.89. The number of hydrogen-bond donors (Lipinski definition) is 1. The molecule has 0 aliphatic rings. The molecule has 0 amide bonds. The number of nitrogens with one attached hydrogen (secondary N) is 1. The van der Waals surface area contributed by atoms with Gasteiger partial charge in [0.1, 0.15) is 0 Å². The van der Waals surface area contributed by atoms with Crippen LogP contribution in [0.4, 0.5) is 5.69 Å². The number of nitrogens with zero attached hydrogens (tertiary/aromatic N) is 1. The van der Waals surface area contributed by atoms with Gasteiger partial charge in [-0.15, -0.1) is 0 Å². The maximum atomic E-state index is 6.16. The number of rotatable bonds is 8. The Bertz CT molecular complexity index is 545. The summed E-state index contributed by atoms with van der Waals surface area (Å²) in [5, 5.41) is 8.43. The second kappa shape index (κ2) is 8.39. The number of methoxy groups -OCH3 is 1. The van der Waals surface area contributed by atoms with Gasteiger partial charge in [0.25, 0.3) is 0 Å². The van der Waals surface area contributed by atoms with Crippen LogP contribution in [0.5, 0.6) is 0 Å². The second-order valence-corrected chi connectivity index (χ2v) is 6.15. The Labute approximate surface area is 135 Å². The number of ether oxygens (including phenoxy) is 1. The summed E-state index contributed by atoms with van der Waals surface area (Å²) in [5.74, 6) is 0. The second-order valence-electron chi connectivity index (χ2n) is 4.93. The first kappa shape index (κ1) is 16.3. The fourth-order valence-electron chi connectivity index (χ4n) is 2.18. The van der Waals surface area contributed by atoms with Gasteiger partial charge in [-0.3, -0.25) is 0 Å². The fourth-order valence-corrected chi connectivity index (χ4v) is 3.01. The summed E-state index contributed by atoms with van der Waals surface area (Å²) in [6, 6.07) is 8.21. The molecule has 2 aromatic rings. The number of thiophene rings is 1. The molecule has 0 bridgehead atoms. The van der Waals surface area contributed by atoms with Crippen molar-refractivity contribution in [3.63, 3.8) is 0 Å². The SMILES string of the molecule is COCCNCc1ccc(Cl)cc1N(C)Cc1ccsc1. The minimum Gasteiger partial charge on any atom is -0.383 e. The largest absolute Gasteiger partial charge is 0.383 e. The van der Waals surface area contributed by atoms with Crippen LogP contribution in [0.2, 0.25) is 5.02 Å². The van der Waals surface area contributed by atoms with Crippen molar-refractivity contribution < 1.29 is 4.74 Å². The molecule has 1 aromatic heterocycles. The van der Waals surface area contributed by atoms with Crippen LogP contribution in [0.15, 0.2) is 35.0 Å². The van der Waals surface area contributed by atoms with Gasteiger partial charge in [-0.05, 0) is 40.1 Å². The lowest BCUT2D eigenvalue weighted by atomic mass is 10.1. The summed E-state index contributed by atoms with van der Waals surface area (Å²) in [5.41, 5.74) is 3.73. The zero-order chi connectivity index (χ0) is 15.1. The predicted octanol–water partition coefficient (Wildman–Crippen LogP) is 3.77. The molecule has 5 heteroatoms. The molecule has 1 aromatic carbocycles. The van der Waals surface area contributed by atoms with Crippen LogP contribution in [0.1, 0.15) is 11.1 Å². The van der Waals surface area contributed by atoms with Crippen LogP contribution >= 0.6 is 22.9 Å². The van der Waals surface area contributed by atoms with E-state index in [0.29, 0.717) is 6.61 Å². The molecule has 0 aliphatic heterocycles. The van der Waals surface area contributed by atoms with Crippen LogP contribution in [0, 0.1) is 0 Å². The van der Waals surface area contributed by atoms with Crippen molar-refractivity contribution in [1.29, 1.82) is 0 Å². The Balaban J connectivity index is 2.06. The van der Waals surface area contributed by atoms with Gasteiger partial charge in [0.05, 0.1) is 6.61 Å². The van der Waals surface area contributed by atoms with E-state index in [1.807, 2.05) is 12.1 Å². The molecule has 0 spiro atoms. The summed E-state index contributed by atoms with van der Waals surface area (Å²) < 4.78 is 5.05. The number of benzene rings is 1. The first-order chi connectivity index (χ1) is 10.2. The lowest BCUT2D eigenvalue weighted by Gasteiger charge is -2.23. The molecule has 2 rings (SSSR count). The molecule has 0 aliphatic carbocycles. The van der Waals surface area contributed by atoms with Gasteiger partial charge >= 0.3 is 0 Å². The highest BCUT2D eigenvalue weighted by atomic mass is 35.5. The van der Waals surface area contributed by atoms with Crippen LogP contribution in [-0.2, 0) is 17.8 Å². The third-order valence-electron chi connectivity index (χ3n) is 3.26. The highest BCUT2D eigenvalue weighted by Gasteiger charge is 2.09. The topological polar surface area (TPSA) is 24.5 Å². The normalized spacial score (nSPS) is 10.8. The number of hydrogen-bond acceptors (Lipinski definition) is 4. The molecule has 0 radical (unpaired) electrons. The van der Waals surface area contributed by atoms with E-state index in [4.69, 9.17) is 16.3 Å². The minimum atomic E-state index is 0.716.